The van der Waals surface area contributed by atoms with Crippen molar-refractivity contribution in [1.29, 1.82) is 0 Å². The molecule has 1 saturated heterocycles. The second-order valence-corrected chi connectivity index (χ2v) is 5.58. The summed E-state index contributed by atoms with van der Waals surface area (Å²) in [6.07, 6.45) is 6.83. The number of carbonyl (C=O) groups excluding carboxylic acids is 2. The quantitative estimate of drug-likeness (QED) is 0.786. The second-order valence-electron chi connectivity index (χ2n) is 5.58. The Bertz CT molecular complexity index is 498. The van der Waals surface area contributed by atoms with Crippen LogP contribution in [-0.2, 0) is 23.1 Å². The van der Waals surface area contributed by atoms with Gasteiger partial charge in [0, 0.05) is 39.3 Å². The van der Waals surface area contributed by atoms with E-state index in [0.29, 0.717) is 32.5 Å². The first-order chi connectivity index (χ1) is 10.1. The van der Waals surface area contributed by atoms with Crippen molar-refractivity contribution in [3.63, 3.8) is 0 Å². The molecule has 21 heavy (non-hydrogen) atoms. The number of aromatic nitrogens is 2. The molecule has 0 radical (unpaired) electrons. The Hall–Kier alpha value is -1.85. The van der Waals surface area contributed by atoms with Gasteiger partial charge in [0.1, 0.15) is 0 Å². The van der Waals surface area contributed by atoms with Gasteiger partial charge in [-0.25, -0.2) is 0 Å². The Morgan fingerprint density at radius 3 is 3.00 bits per heavy atom. The van der Waals surface area contributed by atoms with Gasteiger partial charge in [0.25, 0.3) is 0 Å². The minimum absolute atomic E-state index is 0.0546. The zero-order chi connectivity index (χ0) is 15.2. The van der Waals surface area contributed by atoms with Crippen LogP contribution in [0, 0.1) is 5.92 Å². The molecule has 0 bridgehead atoms. The molecule has 1 aromatic heterocycles. The van der Waals surface area contributed by atoms with E-state index in [2.05, 4.69) is 10.4 Å². The first kappa shape index (κ1) is 15.5. The topological polar surface area (TPSA) is 67.2 Å². The van der Waals surface area contributed by atoms with Crippen molar-refractivity contribution in [2.24, 2.45) is 13.0 Å². The van der Waals surface area contributed by atoms with Crippen molar-refractivity contribution in [2.45, 2.75) is 32.6 Å². The number of carbonyl (C=O) groups is 2. The maximum atomic E-state index is 12.1. The largest absolute Gasteiger partial charge is 0.356 e. The molecule has 1 N–H and O–H groups in total. The number of rotatable bonds is 6. The first-order valence-corrected chi connectivity index (χ1v) is 7.63. The fourth-order valence-corrected chi connectivity index (χ4v) is 2.68. The molecular formula is C15H24N4O2. The molecule has 6 nitrogen and oxygen atoms in total. The molecule has 0 spiro atoms. The van der Waals surface area contributed by atoms with Gasteiger partial charge in [0.05, 0.1) is 12.1 Å². The van der Waals surface area contributed by atoms with Gasteiger partial charge in [-0.05, 0) is 31.7 Å². The van der Waals surface area contributed by atoms with Crippen molar-refractivity contribution >= 4 is 11.8 Å². The Morgan fingerprint density at radius 1 is 1.52 bits per heavy atom. The van der Waals surface area contributed by atoms with Crippen LogP contribution >= 0.6 is 0 Å². The van der Waals surface area contributed by atoms with Crippen LogP contribution in [0.25, 0.3) is 0 Å². The molecular weight excluding hydrogens is 268 g/mol. The number of nitrogens with zero attached hydrogens (tertiary/aromatic N) is 3. The minimum Gasteiger partial charge on any atom is -0.356 e. The fraction of sp³-hybridized carbons (Fsp3) is 0.667. The zero-order valence-electron chi connectivity index (χ0n) is 12.8. The lowest BCUT2D eigenvalue weighted by atomic mass is 9.96. The summed E-state index contributed by atoms with van der Waals surface area (Å²) in [5.41, 5.74) is 1.19. The molecule has 1 fully saturated rings. The van der Waals surface area contributed by atoms with Crippen molar-refractivity contribution in [2.75, 3.05) is 19.6 Å². The molecule has 0 saturated carbocycles. The van der Waals surface area contributed by atoms with E-state index in [1.54, 1.807) is 9.58 Å². The number of hydrogen-bond donors (Lipinski definition) is 1. The van der Waals surface area contributed by atoms with Gasteiger partial charge < -0.3 is 10.2 Å². The lowest BCUT2D eigenvalue weighted by Gasteiger charge is -2.31. The lowest BCUT2D eigenvalue weighted by molar-refractivity contribution is -0.138. The highest BCUT2D eigenvalue weighted by atomic mass is 16.2. The zero-order valence-corrected chi connectivity index (χ0v) is 12.8. The summed E-state index contributed by atoms with van der Waals surface area (Å²) in [5, 5.41) is 7.11. The SMILES string of the molecule is CCN1C[C@@H](C(=O)NCCCc2cnn(C)c2)CCC1=O. The molecule has 1 aliphatic heterocycles. The normalized spacial score (nSPS) is 18.9. The lowest BCUT2D eigenvalue weighted by Crippen LogP contribution is -2.45. The van der Waals surface area contributed by atoms with E-state index in [1.807, 2.05) is 26.4 Å². The average molecular weight is 292 g/mol. The Balaban J connectivity index is 1.68. The monoisotopic (exact) mass is 292 g/mol. The highest BCUT2D eigenvalue weighted by Gasteiger charge is 2.28. The number of piperidine rings is 1. The van der Waals surface area contributed by atoms with Crippen LogP contribution in [0.5, 0.6) is 0 Å². The van der Waals surface area contributed by atoms with Crippen LogP contribution in [0.2, 0.25) is 0 Å². The summed E-state index contributed by atoms with van der Waals surface area (Å²) in [6, 6.07) is 0. The predicted molar refractivity (Wildman–Crippen MR) is 79.5 cm³/mol. The first-order valence-electron chi connectivity index (χ1n) is 7.63. The summed E-state index contributed by atoms with van der Waals surface area (Å²) < 4.78 is 1.78. The van der Waals surface area contributed by atoms with Crippen molar-refractivity contribution < 1.29 is 9.59 Å². The maximum absolute atomic E-state index is 12.1. The number of hydrogen-bond acceptors (Lipinski definition) is 3. The molecule has 0 unspecified atom stereocenters. The molecule has 2 amide bonds. The van der Waals surface area contributed by atoms with E-state index in [9.17, 15) is 9.59 Å². The average Bonchev–Trinajstić information content (AvgIpc) is 2.89. The third-order valence-corrected chi connectivity index (χ3v) is 3.95. The number of amides is 2. The summed E-state index contributed by atoms with van der Waals surface area (Å²) >= 11 is 0. The molecule has 116 valence electrons. The maximum Gasteiger partial charge on any atom is 0.224 e. The van der Waals surface area contributed by atoms with Crippen LogP contribution in [0.3, 0.4) is 0 Å². The minimum atomic E-state index is -0.0546. The van der Waals surface area contributed by atoms with Gasteiger partial charge in [0.2, 0.25) is 11.8 Å². The number of nitrogens with one attached hydrogen (secondary N) is 1. The van der Waals surface area contributed by atoms with Crippen molar-refractivity contribution in [3.8, 4) is 0 Å². The van der Waals surface area contributed by atoms with Gasteiger partial charge in [0.15, 0.2) is 0 Å². The highest BCUT2D eigenvalue weighted by molar-refractivity contribution is 5.83. The second kappa shape index (κ2) is 7.24. The summed E-state index contributed by atoms with van der Waals surface area (Å²) in [7, 11) is 1.90. The summed E-state index contributed by atoms with van der Waals surface area (Å²) in [5.74, 6) is 0.186. The van der Waals surface area contributed by atoms with E-state index >= 15 is 0 Å². The van der Waals surface area contributed by atoms with Crippen molar-refractivity contribution in [3.05, 3.63) is 18.0 Å². The Morgan fingerprint density at radius 2 is 2.33 bits per heavy atom. The van der Waals surface area contributed by atoms with Gasteiger partial charge in [-0.3, -0.25) is 14.3 Å². The van der Waals surface area contributed by atoms with Crippen molar-refractivity contribution in [1.82, 2.24) is 20.0 Å². The van der Waals surface area contributed by atoms with E-state index in [-0.39, 0.29) is 17.7 Å². The summed E-state index contributed by atoms with van der Waals surface area (Å²) in [6.45, 7) is 3.86. The Kier molecular flexibility index (Phi) is 5.36. The van der Waals surface area contributed by atoms with Crippen LogP contribution < -0.4 is 5.32 Å². The third kappa shape index (κ3) is 4.31. The molecule has 0 aromatic carbocycles. The van der Waals surface area contributed by atoms with Gasteiger partial charge in [-0.2, -0.15) is 5.10 Å². The smallest absolute Gasteiger partial charge is 0.224 e. The van der Waals surface area contributed by atoms with E-state index in [1.165, 1.54) is 5.56 Å². The highest BCUT2D eigenvalue weighted by Crippen LogP contribution is 2.17. The standard InChI is InChI=1S/C15H24N4O2/c1-3-19-11-13(6-7-14(19)20)15(21)16-8-4-5-12-9-17-18(2)10-12/h9-10,13H,3-8,11H2,1-2H3,(H,16,21)/t13-/m0/s1. The Labute approximate surface area is 125 Å². The molecule has 1 atom stereocenters. The molecule has 1 aliphatic rings. The molecule has 1 aromatic rings. The van der Waals surface area contributed by atoms with E-state index < -0.39 is 0 Å². The van der Waals surface area contributed by atoms with E-state index in [4.69, 9.17) is 0 Å². The third-order valence-electron chi connectivity index (χ3n) is 3.95. The van der Waals surface area contributed by atoms with Crippen LogP contribution in [0.1, 0.15) is 31.7 Å². The fourth-order valence-electron chi connectivity index (χ4n) is 2.68. The molecule has 0 aliphatic carbocycles. The van der Waals surface area contributed by atoms with E-state index in [0.717, 1.165) is 12.8 Å². The van der Waals surface area contributed by atoms with Gasteiger partial charge in [-0.1, -0.05) is 0 Å². The molecule has 2 heterocycles. The summed E-state index contributed by atoms with van der Waals surface area (Å²) in [4.78, 5) is 25.5. The van der Waals surface area contributed by atoms with Crippen LogP contribution in [0.4, 0.5) is 0 Å². The number of aryl methyl sites for hydroxylation is 2. The van der Waals surface area contributed by atoms with Gasteiger partial charge >= 0.3 is 0 Å². The molecule has 2 rings (SSSR count). The molecule has 6 heteroatoms. The number of likely N-dealkylation sites (tertiary alicyclic amines) is 1. The van der Waals surface area contributed by atoms with Crippen LogP contribution in [0.15, 0.2) is 12.4 Å². The van der Waals surface area contributed by atoms with Gasteiger partial charge in [-0.15, -0.1) is 0 Å². The van der Waals surface area contributed by atoms with Crippen LogP contribution in [-0.4, -0.2) is 46.1 Å². The predicted octanol–water partition coefficient (Wildman–Crippen LogP) is 0.727.